The fourth-order valence-electron chi connectivity index (χ4n) is 1.53. The molecule has 0 heterocycles. The molecule has 0 radical (unpaired) electrons. The Kier molecular flexibility index (Phi) is 4.57. The molecule has 0 saturated carbocycles. The number of benzene rings is 1. The predicted molar refractivity (Wildman–Crippen MR) is 66.2 cm³/mol. The third kappa shape index (κ3) is 2.93. The largest absolute Gasteiger partial charge is 0.496 e. The SMILES string of the molecule is COc1ccc(C(CN)N(C)C)cc1Br. The summed E-state index contributed by atoms with van der Waals surface area (Å²) in [6, 6.07) is 6.29. The number of nitrogens with zero attached hydrogens (tertiary/aromatic N) is 1. The Hall–Kier alpha value is -0.580. The van der Waals surface area contributed by atoms with Gasteiger partial charge in [0.2, 0.25) is 0 Å². The second-order valence-electron chi connectivity index (χ2n) is 3.61. The lowest BCUT2D eigenvalue weighted by atomic mass is 10.1. The summed E-state index contributed by atoms with van der Waals surface area (Å²) in [6.45, 7) is 0.603. The topological polar surface area (TPSA) is 38.5 Å². The Bertz CT molecular complexity index is 328. The van der Waals surface area contributed by atoms with Gasteiger partial charge in [-0.1, -0.05) is 6.07 Å². The second-order valence-corrected chi connectivity index (χ2v) is 4.46. The molecule has 2 N–H and O–H groups in total. The fraction of sp³-hybridized carbons (Fsp3) is 0.455. The first-order chi connectivity index (χ1) is 7.10. The zero-order valence-corrected chi connectivity index (χ0v) is 10.9. The van der Waals surface area contributed by atoms with Crippen LogP contribution in [0.4, 0.5) is 0 Å². The van der Waals surface area contributed by atoms with Gasteiger partial charge in [-0.3, -0.25) is 0 Å². The van der Waals surface area contributed by atoms with Crippen LogP contribution in [0.2, 0.25) is 0 Å². The summed E-state index contributed by atoms with van der Waals surface area (Å²) in [5.74, 6) is 0.841. The van der Waals surface area contributed by atoms with Crippen molar-refractivity contribution in [1.29, 1.82) is 0 Å². The van der Waals surface area contributed by atoms with E-state index in [-0.39, 0.29) is 6.04 Å². The number of likely N-dealkylation sites (N-methyl/N-ethyl adjacent to an activating group) is 1. The fourth-order valence-corrected chi connectivity index (χ4v) is 2.09. The molecule has 1 aromatic rings. The van der Waals surface area contributed by atoms with E-state index in [2.05, 4.69) is 26.9 Å². The lowest BCUT2D eigenvalue weighted by molar-refractivity contribution is 0.305. The summed E-state index contributed by atoms with van der Waals surface area (Å²) in [4.78, 5) is 2.11. The molecule has 1 aromatic carbocycles. The maximum atomic E-state index is 5.74. The molecule has 0 aromatic heterocycles. The molecule has 0 bridgehead atoms. The van der Waals surface area contributed by atoms with Crippen molar-refractivity contribution in [3.63, 3.8) is 0 Å². The minimum atomic E-state index is 0.243. The predicted octanol–water partition coefficient (Wildman–Crippen LogP) is 2.02. The Morgan fingerprint density at radius 1 is 1.47 bits per heavy atom. The minimum absolute atomic E-state index is 0.243. The number of halogens is 1. The molecule has 0 fully saturated rings. The van der Waals surface area contributed by atoms with E-state index in [1.807, 2.05) is 26.2 Å². The third-order valence-electron chi connectivity index (χ3n) is 2.41. The van der Waals surface area contributed by atoms with Gasteiger partial charge in [-0.25, -0.2) is 0 Å². The minimum Gasteiger partial charge on any atom is -0.496 e. The highest BCUT2D eigenvalue weighted by atomic mass is 79.9. The number of nitrogens with two attached hydrogens (primary N) is 1. The molecule has 15 heavy (non-hydrogen) atoms. The highest BCUT2D eigenvalue weighted by Crippen LogP contribution is 2.29. The van der Waals surface area contributed by atoms with Gasteiger partial charge in [0.1, 0.15) is 5.75 Å². The van der Waals surface area contributed by atoms with Crippen molar-refractivity contribution in [2.45, 2.75) is 6.04 Å². The first-order valence-electron chi connectivity index (χ1n) is 4.80. The van der Waals surface area contributed by atoms with Gasteiger partial charge in [0.05, 0.1) is 11.6 Å². The van der Waals surface area contributed by atoms with E-state index in [9.17, 15) is 0 Å². The Balaban J connectivity index is 3.00. The van der Waals surface area contributed by atoms with Crippen LogP contribution < -0.4 is 10.5 Å². The zero-order valence-electron chi connectivity index (χ0n) is 9.33. The van der Waals surface area contributed by atoms with Crippen molar-refractivity contribution in [3.05, 3.63) is 28.2 Å². The van der Waals surface area contributed by atoms with Crippen LogP contribution in [-0.2, 0) is 0 Å². The number of methoxy groups -OCH3 is 1. The van der Waals surface area contributed by atoms with Crippen LogP contribution in [-0.4, -0.2) is 32.6 Å². The monoisotopic (exact) mass is 272 g/mol. The van der Waals surface area contributed by atoms with Crippen LogP contribution >= 0.6 is 15.9 Å². The summed E-state index contributed by atoms with van der Waals surface area (Å²) >= 11 is 3.47. The van der Waals surface area contributed by atoms with E-state index in [4.69, 9.17) is 10.5 Å². The van der Waals surface area contributed by atoms with E-state index in [0.29, 0.717) is 6.54 Å². The van der Waals surface area contributed by atoms with Crippen molar-refractivity contribution >= 4 is 15.9 Å². The number of rotatable bonds is 4. The zero-order chi connectivity index (χ0) is 11.4. The standard InChI is InChI=1S/C11H17BrN2O/c1-14(2)10(7-13)8-4-5-11(15-3)9(12)6-8/h4-6,10H,7,13H2,1-3H3. The van der Waals surface area contributed by atoms with Crippen molar-refractivity contribution in [3.8, 4) is 5.75 Å². The van der Waals surface area contributed by atoms with E-state index < -0.39 is 0 Å². The van der Waals surface area contributed by atoms with E-state index in [1.165, 1.54) is 5.56 Å². The summed E-state index contributed by atoms with van der Waals surface area (Å²) in [6.07, 6.45) is 0. The van der Waals surface area contributed by atoms with Gasteiger partial charge in [0, 0.05) is 12.6 Å². The van der Waals surface area contributed by atoms with Crippen LogP contribution in [0.3, 0.4) is 0 Å². The maximum absolute atomic E-state index is 5.74. The number of ether oxygens (including phenoxy) is 1. The van der Waals surface area contributed by atoms with Crippen LogP contribution in [0.1, 0.15) is 11.6 Å². The molecule has 0 aliphatic heterocycles. The average molecular weight is 273 g/mol. The first kappa shape index (κ1) is 12.5. The molecule has 4 heteroatoms. The summed E-state index contributed by atoms with van der Waals surface area (Å²) in [5, 5.41) is 0. The van der Waals surface area contributed by atoms with E-state index >= 15 is 0 Å². The highest BCUT2D eigenvalue weighted by molar-refractivity contribution is 9.10. The van der Waals surface area contributed by atoms with Crippen LogP contribution in [0.15, 0.2) is 22.7 Å². The molecule has 0 aliphatic rings. The van der Waals surface area contributed by atoms with Crippen molar-refractivity contribution < 1.29 is 4.74 Å². The quantitative estimate of drug-likeness (QED) is 0.912. The van der Waals surface area contributed by atoms with E-state index in [0.717, 1.165) is 10.2 Å². The van der Waals surface area contributed by atoms with Crippen molar-refractivity contribution in [1.82, 2.24) is 4.90 Å². The van der Waals surface area contributed by atoms with Crippen molar-refractivity contribution in [2.75, 3.05) is 27.7 Å². The second kappa shape index (κ2) is 5.49. The van der Waals surface area contributed by atoms with Crippen molar-refractivity contribution in [2.24, 2.45) is 5.73 Å². The molecule has 3 nitrogen and oxygen atoms in total. The van der Waals surface area contributed by atoms with Gasteiger partial charge in [0.15, 0.2) is 0 Å². The van der Waals surface area contributed by atoms with E-state index in [1.54, 1.807) is 7.11 Å². The maximum Gasteiger partial charge on any atom is 0.133 e. The lowest BCUT2D eigenvalue weighted by Gasteiger charge is -2.23. The van der Waals surface area contributed by atoms with Crippen LogP contribution in [0.25, 0.3) is 0 Å². The molecule has 0 amide bonds. The van der Waals surface area contributed by atoms with Gasteiger partial charge in [-0.15, -0.1) is 0 Å². The Labute approximate surface area is 99.3 Å². The lowest BCUT2D eigenvalue weighted by Crippen LogP contribution is -2.27. The summed E-state index contributed by atoms with van der Waals surface area (Å²) < 4.78 is 6.14. The molecular weight excluding hydrogens is 256 g/mol. The summed E-state index contributed by atoms with van der Waals surface area (Å²) in [5.41, 5.74) is 6.93. The Morgan fingerprint density at radius 3 is 2.53 bits per heavy atom. The Morgan fingerprint density at radius 2 is 2.13 bits per heavy atom. The number of hydrogen-bond donors (Lipinski definition) is 1. The van der Waals surface area contributed by atoms with Gasteiger partial charge in [-0.2, -0.15) is 0 Å². The van der Waals surface area contributed by atoms with Gasteiger partial charge >= 0.3 is 0 Å². The van der Waals surface area contributed by atoms with Crippen LogP contribution in [0, 0.1) is 0 Å². The molecule has 1 unspecified atom stereocenters. The van der Waals surface area contributed by atoms with Gasteiger partial charge < -0.3 is 15.4 Å². The average Bonchev–Trinajstić information content (AvgIpc) is 2.18. The highest BCUT2D eigenvalue weighted by Gasteiger charge is 2.13. The summed E-state index contributed by atoms with van der Waals surface area (Å²) in [7, 11) is 5.71. The molecule has 0 saturated heterocycles. The normalized spacial score (nSPS) is 12.9. The molecule has 1 rings (SSSR count). The first-order valence-corrected chi connectivity index (χ1v) is 5.59. The van der Waals surface area contributed by atoms with Gasteiger partial charge in [0.25, 0.3) is 0 Å². The molecular formula is C11H17BrN2O. The molecule has 0 aliphatic carbocycles. The molecule has 1 atom stereocenters. The number of hydrogen-bond acceptors (Lipinski definition) is 3. The third-order valence-corrected chi connectivity index (χ3v) is 3.03. The smallest absolute Gasteiger partial charge is 0.133 e. The molecule has 84 valence electrons. The van der Waals surface area contributed by atoms with Gasteiger partial charge in [-0.05, 0) is 47.7 Å². The molecule has 0 spiro atoms. The van der Waals surface area contributed by atoms with Crippen LogP contribution in [0.5, 0.6) is 5.75 Å².